The Labute approximate surface area is 114 Å². The first kappa shape index (κ1) is 13.9. The maximum Gasteiger partial charge on any atom is 0.257 e. The summed E-state index contributed by atoms with van der Waals surface area (Å²) >= 11 is 0. The van der Waals surface area contributed by atoms with Gasteiger partial charge in [0.15, 0.2) is 0 Å². The zero-order valence-electron chi connectivity index (χ0n) is 11.9. The molecule has 1 aliphatic rings. The van der Waals surface area contributed by atoms with Crippen LogP contribution in [0.4, 0.5) is 0 Å². The molecule has 1 heterocycles. The van der Waals surface area contributed by atoms with Crippen LogP contribution in [0.5, 0.6) is 5.75 Å². The number of para-hydroxylation sites is 1. The molecule has 104 valence electrons. The molecule has 0 saturated carbocycles. The molecule has 1 aromatic rings. The lowest BCUT2D eigenvalue weighted by atomic mass is 9.98. The first-order valence-electron chi connectivity index (χ1n) is 6.48. The number of carbonyl (C=O) groups is 1. The fourth-order valence-corrected chi connectivity index (χ4v) is 2.76. The minimum absolute atomic E-state index is 0.0228. The molecule has 4 heteroatoms. The van der Waals surface area contributed by atoms with Gasteiger partial charge in [-0.15, -0.1) is 0 Å². The third-order valence-electron chi connectivity index (χ3n) is 3.12. The van der Waals surface area contributed by atoms with Crippen molar-refractivity contribution in [3.05, 3.63) is 29.8 Å². The van der Waals surface area contributed by atoms with Crippen molar-refractivity contribution < 1.29 is 14.6 Å². The third kappa shape index (κ3) is 3.07. The molecule has 0 spiro atoms. The Morgan fingerprint density at radius 3 is 2.21 bits per heavy atom. The van der Waals surface area contributed by atoms with Gasteiger partial charge in [-0.2, -0.15) is 0 Å². The molecule has 19 heavy (non-hydrogen) atoms. The van der Waals surface area contributed by atoms with Crippen LogP contribution >= 0.6 is 0 Å². The van der Waals surface area contributed by atoms with Crippen LogP contribution in [0.1, 0.15) is 38.1 Å². The Kier molecular flexibility index (Phi) is 3.31. The third-order valence-corrected chi connectivity index (χ3v) is 3.12. The summed E-state index contributed by atoms with van der Waals surface area (Å²) < 4.78 is 5.95. The number of amides is 1. The van der Waals surface area contributed by atoms with Crippen LogP contribution in [0.25, 0.3) is 0 Å². The Morgan fingerprint density at radius 1 is 1.16 bits per heavy atom. The molecular formula is C15H21NO3. The number of carbonyl (C=O) groups excluding carboxylic acids is 1. The number of nitrogens with zero attached hydrogens (tertiary/aromatic N) is 1. The molecule has 1 aromatic carbocycles. The first-order chi connectivity index (χ1) is 8.70. The Balaban J connectivity index is 2.27. The molecule has 0 radical (unpaired) electrons. The first-order valence-corrected chi connectivity index (χ1v) is 6.48. The molecule has 0 aromatic heterocycles. The standard InChI is InChI=1S/C15H21NO3/c1-14(2)9-16(10-15(3,4)19-14)13(18)11-7-5-6-8-12(11)17/h5-8,17H,9-10H2,1-4H3. The minimum Gasteiger partial charge on any atom is -0.507 e. The summed E-state index contributed by atoms with van der Waals surface area (Å²) in [5, 5.41) is 9.79. The van der Waals surface area contributed by atoms with Gasteiger partial charge in [-0.05, 0) is 39.8 Å². The van der Waals surface area contributed by atoms with Crippen molar-refractivity contribution in [2.24, 2.45) is 0 Å². The summed E-state index contributed by atoms with van der Waals surface area (Å²) in [7, 11) is 0. The Hall–Kier alpha value is -1.55. The van der Waals surface area contributed by atoms with Crippen molar-refractivity contribution in [2.45, 2.75) is 38.9 Å². The number of morpholine rings is 1. The van der Waals surface area contributed by atoms with Crippen LogP contribution in [0, 0.1) is 0 Å². The average molecular weight is 263 g/mol. The van der Waals surface area contributed by atoms with Crippen LogP contribution < -0.4 is 0 Å². The van der Waals surface area contributed by atoms with Gasteiger partial charge < -0.3 is 14.7 Å². The van der Waals surface area contributed by atoms with E-state index < -0.39 is 0 Å². The number of hydrogen-bond acceptors (Lipinski definition) is 3. The normalized spacial score (nSPS) is 21.2. The lowest BCUT2D eigenvalue weighted by molar-refractivity contribution is -0.171. The SMILES string of the molecule is CC1(C)CN(C(=O)c2ccccc2O)CC(C)(C)O1. The number of rotatable bonds is 1. The van der Waals surface area contributed by atoms with E-state index in [2.05, 4.69) is 0 Å². The van der Waals surface area contributed by atoms with Gasteiger partial charge in [-0.25, -0.2) is 0 Å². The van der Waals surface area contributed by atoms with E-state index in [4.69, 9.17) is 4.74 Å². The molecule has 1 aliphatic heterocycles. The molecule has 1 N–H and O–H groups in total. The number of hydrogen-bond donors (Lipinski definition) is 1. The fourth-order valence-electron chi connectivity index (χ4n) is 2.76. The van der Waals surface area contributed by atoms with Crippen molar-refractivity contribution in [3.8, 4) is 5.75 Å². The summed E-state index contributed by atoms with van der Waals surface area (Å²) in [6.07, 6.45) is 0. The zero-order valence-corrected chi connectivity index (χ0v) is 11.9. The van der Waals surface area contributed by atoms with Gasteiger partial charge in [0.1, 0.15) is 5.75 Å². The molecule has 4 nitrogen and oxygen atoms in total. The van der Waals surface area contributed by atoms with E-state index in [1.165, 1.54) is 6.07 Å². The molecule has 0 aliphatic carbocycles. The van der Waals surface area contributed by atoms with E-state index in [0.29, 0.717) is 18.7 Å². The molecule has 1 amide bonds. The van der Waals surface area contributed by atoms with Gasteiger partial charge in [0.25, 0.3) is 5.91 Å². The largest absolute Gasteiger partial charge is 0.507 e. The summed E-state index contributed by atoms with van der Waals surface area (Å²) in [6, 6.07) is 6.64. The molecular weight excluding hydrogens is 242 g/mol. The average Bonchev–Trinajstić information content (AvgIpc) is 2.24. The van der Waals surface area contributed by atoms with E-state index >= 15 is 0 Å². The lowest BCUT2D eigenvalue weighted by Gasteiger charge is -2.47. The molecule has 0 atom stereocenters. The number of aromatic hydroxyl groups is 1. The number of phenolic OH excluding ortho intramolecular Hbond substituents is 1. The molecule has 1 saturated heterocycles. The number of ether oxygens (including phenoxy) is 1. The Morgan fingerprint density at radius 2 is 1.68 bits per heavy atom. The van der Waals surface area contributed by atoms with Crippen molar-refractivity contribution in [2.75, 3.05) is 13.1 Å². The van der Waals surface area contributed by atoms with Crippen LogP contribution in [0.15, 0.2) is 24.3 Å². The van der Waals surface area contributed by atoms with Gasteiger partial charge in [-0.3, -0.25) is 4.79 Å². The topological polar surface area (TPSA) is 49.8 Å². The van der Waals surface area contributed by atoms with Crippen LogP contribution in [0.3, 0.4) is 0 Å². The maximum atomic E-state index is 12.5. The number of benzene rings is 1. The summed E-state index contributed by atoms with van der Waals surface area (Å²) in [5.41, 5.74) is -0.431. The predicted octanol–water partition coefficient (Wildman–Crippen LogP) is 2.42. The van der Waals surface area contributed by atoms with E-state index in [-0.39, 0.29) is 22.9 Å². The Bertz CT molecular complexity index is 478. The van der Waals surface area contributed by atoms with Crippen molar-refractivity contribution in [1.29, 1.82) is 0 Å². The molecule has 2 rings (SSSR count). The van der Waals surface area contributed by atoms with E-state index in [1.807, 2.05) is 27.7 Å². The van der Waals surface area contributed by atoms with Gasteiger partial charge >= 0.3 is 0 Å². The molecule has 1 fully saturated rings. The van der Waals surface area contributed by atoms with Crippen LogP contribution in [-0.2, 0) is 4.74 Å². The maximum absolute atomic E-state index is 12.5. The number of phenols is 1. The highest BCUT2D eigenvalue weighted by molar-refractivity contribution is 5.96. The van der Waals surface area contributed by atoms with E-state index in [1.54, 1.807) is 23.1 Å². The molecule has 0 unspecified atom stereocenters. The van der Waals surface area contributed by atoms with Crippen molar-refractivity contribution >= 4 is 5.91 Å². The lowest BCUT2D eigenvalue weighted by Crippen LogP contribution is -2.58. The minimum atomic E-state index is -0.387. The van der Waals surface area contributed by atoms with Gasteiger partial charge in [0.05, 0.1) is 16.8 Å². The van der Waals surface area contributed by atoms with Gasteiger partial charge in [0.2, 0.25) is 0 Å². The predicted molar refractivity (Wildman–Crippen MR) is 73.3 cm³/mol. The second-order valence-corrected chi connectivity index (χ2v) is 6.30. The van der Waals surface area contributed by atoms with E-state index in [0.717, 1.165) is 0 Å². The highest BCUT2D eigenvalue weighted by atomic mass is 16.5. The molecule has 0 bridgehead atoms. The highest BCUT2D eigenvalue weighted by Crippen LogP contribution is 2.30. The summed E-state index contributed by atoms with van der Waals surface area (Å²) in [5.74, 6) is -0.128. The summed E-state index contributed by atoms with van der Waals surface area (Å²) in [4.78, 5) is 14.3. The van der Waals surface area contributed by atoms with Crippen molar-refractivity contribution in [3.63, 3.8) is 0 Å². The van der Waals surface area contributed by atoms with Crippen molar-refractivity contribution in [1.82, 2.24) is 4.90 Å². The highest BCUT2D eigenvalue weighted by Gasteiger charge is 2.40. The monoisotopic (exact) mass is 263 g/mol. The second-order valence-electron chi connectivity index (χ2n) is 6.30. The summed E-state index contributed by atoms with van der Waals surface area (Å²) in [6.45, 7) is 8.92. The van der Waals surface area contributed by atoms with Crippen LogP contribution in [-0.4, -0.2) is 40.2 Å². The quantitative estimate of drug-likeness (QED) is 0.846. The second kappa shape index (κ2) is 4.53. The van der Waals surface area contributed by atoms with Crippen LogP contribution in [0.2, 0.25) is 0 Å². The fraction of sp³-hybridized carbons (Fsp3) is 0.533. The zero-order chi connectivity index (χ0) is 14.3. The van der Waals surface area contributed by atoms with Gasteiger partial charge in [0, 0.05) is 13.1 Å². The van der Waals surface area contributed by atoms with Gasteiger partial charge in [-0.1, -0.05) is 12.1 Å². The van der Waals surface area contributed by atoms with E-state index in [9.17, 15) is 9.90 Å². The smallest absolute Gasteiger partial charge is 0.257 e.